The van der Waals surface area contributed by atoms with Gasteiger partial charge in [-0.15, -0.1) is 0 Å². The van der Waals surface area contributed by atoms with Crippen molar-refractivity contribution in [3.63, 3.8) is 0 Å². The normalized spacial score (nSPS) is 14.3. The number of rotatable bonds is 8. The van der Waals surface area contributed by atoms with E-state index >= 15 is 0 Å². The first-order valence-corrected chi connectivity index (χ1v) is 10.5. The van der Waals surface area contributed by atoms with Crippen molar-refractivity contribution in [2.75, 3.05) is 26.8 Å². The summed E-state index contributed by atoms with van der Waals surface area (Å²) in [5, 5.41) is 3.06. The van der Waals surface area contributed by atoms with Crippen molar-refractivity contribution < 1.29 is 19.1 Å². The molecule has 2 amide bonds. The predicted molar refractivity (Wildman–Crippen MR) is 116 cm³/mol. The SMILES string of the molecule is CCCc1ccc(OCC(=O)N2CCC(NC(=O)c3cccc(OC)c3)CC2)cc1. The molecule has 1 aliphatic rings. The van der Waals surface area contributed by atoms with Gasteiger partial charge in [0.1, 0.15) is 11.5 Å². The number of hydrogen-bond acceptors (Lipinski definition) is 4. The maximum Gasteiger partial charge on any atom is 0.260 e. The van der Waals surface area contributed by atoms with E-state index < -0.39 is 0 Å². The zero-order valence-electron chi connectivity index (χ0n) is 17.7. The summed E-state index contributed by atoms with van der Waals surface area (Å²) in [6.45, 7) is 3.41. The lowest BCUT2D eigenvalue weighted by Gasteiger charge is -2.32. The molecule has 160 valence electrons. The Kier molecular flexibility index (Phi) is 7.71. The Labute approximate surface area is 178 Å². The van der Waals surface area contributed by atoms with E-state index in [0.717, 1.165) is 25.7 Å². The molecule has 1 N–H and O–H groups in total. The number of nitrogens with zero attached hydrogens (tertiary/aromatic N) is 1. The third kappa shape index (κ3) is 5.99. The highest BCUT2D eigenvalue weighted by Crippen LogP contribution is 2.16. The van der Waals surface area contributed by atoms with Gasteiger partial charge in [-0.2, -0.15) is 0 Å². The molecular formula is C24H30N2O4. The lowest BCUT2D eigenvalue weighted by molar-refractivity contribution is -0.134. The molecule has 1 aliphatic heterocycles. The first-order valence-electron chi connectivity index (χ1n) is 10.5. The van der Waals surface area contributed by atoms with Gasteiger partial charge in [0.15, 0.2) is 6.61 Å². The third-order valence-electron chi connectivity index (χ3n) is 5.34. The summed E-state index contributed by atoms with van der Waals surface area (Å²) in [7, 11) is 1.58. The van der Waals surface area contributed by atoms with Crippen LogP contribution in [0.3, 0.4) is 0 Å². The largest absolute Gasteiger partial charge is 0.497 e. The average Bonchev–Trinajstić information content (AvgIpc) is 2.79. The minimum atomic E-state index is -0.117. The monoisotopic (exact) mass is 410 g/mol. The maximum absolute atomic E-state index is 12.5. The van der Waals surface area contributed by atoms with Crippen molar-refractivity contribution in [1.29, 1.82) is 0 Å². The zero-order valence-corrected chi connectivity index (χ0v) is 17.7. The van der Waals surface area contributed by atoms with E-state index in [9.17, 15) is 9.59 Å². The number of methoxy groups -OCH3 is 1. The lowest BCUT2D eigenvalue weighted by atomic mass is 10.0. The molecular weight excluding hydrogens is 380 g/mol. The van der Waals surface area contributed by atoms with Gasteiger partial charge in [-0.3, -0.25) is 9.59 Å². The molecule has 3 rings (SSSR count). The number of aryl methyl sites for hydroxylation is 1. The Balaban J connectivity index is 1.42. The molecule has 1 fully saturated rings. The second kappa shape index (κ2) is 10.7. The molecule has 0 atom stereocenters. The Morgan fingerprint density at radius 2 is 1.80 bits per heavy atom. The highest BCUT2D eigenvalue weighted by atomic mass is 16.5. The van der Waals surface area contributed by atoms with E-state index in [1.807, 2.05) is 30.3 Å². The molecule has 0 radical (unpaired) electrons. The first-order chi connectivity index (χ1) is 14.6. The zero-order chi connectivity index (χ0) is 21.3. The molecule has 0 saturated carbocycles. The summed E-state index contributed by atoms with van der Waals surface area (Å²) in [6.07, 6.45) is 3.61. The Hall–Kier alpha value is -3.02. The van der Waals surface area contributed by atoms with Crippen LogP contribution in [0.4, 0.5) is 0 Å². The third-order valence-corrected chi connectivity index (χ3v) is 5.34. The van der Waals surface area contributed by atoms with Gasteiger partial charge in [-0.05, 0) is 55.2 Å². The van der Waals surface area contributed by atoms with E-state index in [1.165, 1.54) is 5.56 Å². The van der Waals surface area contributed by atoms with Gasteiger partial charge < -0.3 is 19.7 Å². The molecule has 0 unspecified atom stereocenters. The van der Waals surface area contributed by atoms with E-state index in [4.69, 9.17) is 9.47 Å². The van der Waals surface area contributed by atoms with Crippen molar-refractivity contribution in [3.8, 4) is 11.5 Å². The van der Waals surface area contributed by atoms with Crippen LogP contribution in [0, 0.1) is 0 Å². The summed E-state index contributed by atoms with van der Waals surface area (Å²) < 4.78 is 10.8. The second-order valence-electron chi connectivity index (χ2n) is 7.54. The number of carbonyl (C=O) groups excluding carboxylic acids is 2. The van der Waals surface area contributed by atoms with Crippen LogP contribution in [0.1, 0.15) is 42.1 Å². The summed E-state index contributed by atoms with van der Waals surface area (Å²) in [5.41, 5.74) is 1.85. The van der Waals surface area contributed by atoms with Gasteiger partial charge in [0.2, 0.25) is 0 Å². The predicted octanol–water partition coefficient (Wildman–Crippen LogP) is 3.45. The van der Waals surface area contributed by atoms with Gasteiger partial charge in [-0.25, -0.2) is 0 Å². The number of nitrogens with one attached hydrogen (secondary N) is 1. The summed E-state index contributed by atoms with van der Waals surface area (Å²) in [5.74, 6) is 1.23. The molecule has 0 aliphatic carbocycles. The first kappa shape index (κ1) is 21.7. The standard InChI is InChI=1S/C24H30N2O4/c1-3-5-18-8-10-21(11-9-18)30-17-23(27)26-14-12-20(13-15-26)25-24(28)19-6-4-7-22(16-19)29-2/h4,6-11,16,20H,3,5,12-15,17H2,1-2H3,(H,25,28). The van der Waals surface area contributed by atoms with Crippen LogP contribution in [-0.2, 0) is 11.2 Å². The van der Waals surface area contributed by atoms with Gasteiger partial charge in [0.05, 0.1) is 7.11 Å². The average molecular weight is 411 g/mol. The number of piperidine rings is 1. The Bertz CT molecular complexity index is 843. The highest BCUT2D eigenvalue weighted by Gasteiger charge is 2.24. The topological polar surface area (TPSA) is 67.9 Å². The molecule has 2 aromatic rings. The minimum absolute atomic E-state index is 0.0230. The van der Waals surface area contributed by atoms with E-state index in [1.54, 1.807) is 30.2 Å². The van der Waals surface area contributed by atoms with Crippen LogP contribution in [0.15, 0.2) is 48.5 Å². The maximum atomic E-state index is 12.5. The van der Waals surface area contributed by atoms with E-state index in [0.29, 0.717) is 30.2 Å². The number of hydrogen-bond donors (Lipinski definition) is 1. The Morgan fingerprint density at radius 3 is 2.47 bits per heavy atom. The summed E-state index contributed by atoms with van der Waals surface area (Å²) in [4.78, 5) is 26.7. The van der Waals surface area contributed by atoms with Crippen LogP contribution in [-0.4, -0.2) is 49.6 Å². The number of likely N-dealkylation sites (tertiary alicyclic amines) is 1. The molecule has 6 heteroatoms. The summed E-state index contributed by atoms with van der Waals surface area (Å²) in [6, 6.07) is 15.1. The van der Waals surface area contributed by atoms with Crippen LogP contribution in [0.25, 0.3) is 0 Å². The van der Waals surface area contributed by atoms with Crippen molar-refractivity contribution in [3.05, 3.63) is 59.7 Å². The fourth-order valence-electron chi connectivity index (χ4n) is 3.58. The van der Waals surface area contributed by atoms with Crippen LogP contribution >= 0.6 is 0 Å². The van der Waals surface area contributed by atoms with Crippen LogP contribution < -0.4 is 14.8 Å². The molecule has 0 bridgehead atoms. The fourth-order valence-corrected chi connectivity index (χ4v) is 3.58. The van der Waals surface area contributed by atoms with Gasteiger partial charge >= 0.3 is 0 Å². The van der Waals surface area contributed by atoms with Crippen molar-refractivity contribution in [1.82, 2.24) is 10.2 Å². The second-order valence-corrected chi connectivity index (χ2v) is 7.54. The summed E-state index contributed by atoms with van der Waals surface area (Å²) >= 11 is 0. The van der Waals surface area contributed by atoms with Crippen LogP contribution in [0.5, 0.6) is 11.5 Å². The molecule has 0 aromatic heterocycles. The molecule has 0 spiro atoms. The molecule has 1 saturated heterocycles. The number of benzene rings is 2. The van der Waals surface area contributed by atoms with Gasteiger partial charge in [0.25, 0.3) is 11.8 Å². The van der Waals surface area contributed by atoms with Crippen molar-refractivity contribution in [2.24, 2.45) is 0 Å². The number of amides is 2. The molecule has 6 nitrogen and oxygen atoms in total. The van der Waals surface area contributed by atoms with Crippen molar-refractivity contribution >= 4 is 11.8 Å². The molecule has 30 heavy (non-hydrogen) atoms. The van der Waals surface area contributed by atoms with Gasteiger partial charge in [0, 0.05) is 24.7 Å². The molecule has 2 aromatic carbocycles. The smallest absolute Gasteiger partial charge is 0.260 e. The van der Waals surface area contributed by atoms with E-state index in [-0.39, 0.29) is 24.5 Å². The van der Waals surface area contributed by atoms with E-state index in [2.05, 4.69) is 12.2 Å². The van der Waals surface area contributed by atoms with Crippen molar-refractivity contribution in [2.45, 2.75) is 38.6 Å². The highest BCUT2D eigenvalue weighted by molar-refractivity contribution is 5.94. The van der Waals surface area contributed by atoms with Gasteiger partial charge in [-0.1, -0.05) is 31.5 Å². The molecule has 1 heterocycles. The fraction of sp³-hybridized carbons (Fsp3) is 0.417. The quantitative estimate of drug-likeness (QED) is 0.724. The minimum Gasteiger partial charge on any atom is -0.497 e. The lowest BCUT2D eigenvalue weighted by Crippen LogP contribution is -2.47. The Morgan fingerprint density at radius 1 is 1.07 bits per heavy atom. The number of ether oxygens (including phenoxy) is 2. The van der Waals surface area contributed by atoms with Crippen LogP contribution in [0.2, 0.25) is 0 Å². The number of carbonyl (C=O) groups is 2.